The van der Waals surface area contributed by atoms with Crippen LogP contribution in [0, 0.1) is 0 Å². The lowest BCUT2D eigenvalue weighted by Crippen LogP contribution is -2.62. The van der Waals surface area contributed by atoms with Crippen molar-refractivity contribution in [3.8, 4) is 17.2 Å². The maximum atomic E-state index is 14.8. The largest absolute Gasteiger partial charge is 0.489 e. The molecule has 44 heavy (non-hydrogen) atoms. The molecule has 0 aromatic heterocycles. The van der Waals surface area contributed by atoms with E-state index in [1.807, 2.05) is 20.8 Å². The Morgan fingerprint density at radius 1 is 1.00 bits per heavy atom. The molecule has 3 aromatic carbocycles. The van der Waals surface area contributed by atoms with Crippen molar-refractivity contribution in [2.75, 3.05) is 13.5 Å². The highest BCUT2D eigenvalue weighted by Crippen LogP contribution is 2.50. The monoisotopic (exact) mass is 634 g/mol. The minimum atomic E-state index is -4.44. The molecule has 2 aliphatic rings. The molecule has 0 bridgehead atoms. The number of nitrogens with zero attached hydrogens (tertiary/aromatic N) is 1. The third-order valence-electron chi connectivity index (χ3n) is 8.20. The van der Waals surface area contributed by atoms with Gasteiger partial charge in [-0.2, -0.15) is 13.2 Å². The molecule has 2 aliphatic heterocycles. The fraction of sp³-hybridized carbons (Fsp3) is 0.438. The van der Waals surface area contributed by atoms with Crippen molar-refractivity contribution in [3.05, 3.63) is 83.4 Å². The molecule has 8 nitrogen and oxygen atoms in total. The SMILES string of the molecule is CCCC[C@H]1OC(C)(C)N(CN)[C@@]1(Cc1ccc(OCc2cccc(C(F)(F)F)c2)cc1)S(=O)(=O)c1ccc2c(c1)OCO2. The van der Waals surface area contributed by atoms with E-state index in [2.05, 4.69) is 0 Å². The third-order valence-corrected chi connectivity index (χ3v) is 10.6. The molecule has 0 amide bonds. The van der Waals surface area contributed by atoms with Crippen LogP contribution in [-0.4, -0.2) is 43.5 Å². The highest BCUT2D eigenvalue weighted by atomic mass is 32.2. The van der Waals surface area contributed by atoms with Crippen molar-refractivity contribution in [1.29, 1.82) is 0 Å². The van der Waals surface area contributed by atoms with Crippen LogP contribution in [0.25, 0.3) is 0 Å². The van der Waals surface area contributed by atoms with Crippen LogP contribution in [0.1, 0.15) is 56.7 Å². The first-order valence-corrected chi connectivity index (χ1v) is 16.0. The molecule has 0 spiro atoms. The highest BCUT2D eigenvalue weighted by Gasteiger charge is 2.64. The number of alkyl halides is 3. The van der Waals surface area contributed by atoms with E-state index in [4.69, 9.17) is 24.7 Å². The van der Waals surface area contributed by atoms with E-state index in [1.165, 1.54) is 18.2 Å². The van der Waals surface area contributed by atoms with Crippen LogP contribution in [-0.2, 0) is 33.8 Å². The Balaban J connectivity index is 1.48. The van der Waals surface area contributed by atoms with Gasteiger partial charge in [0.1, 0.15) is 18.1 Å². The summed E-state index contributed by atoms with van der Waals surface area (Å²) in [5, 5.41) is 0. The van der Waals surface area contributed by atoms with E-state index in [0.717, 1.165) is 25.0 Å². The van der Waals surface area contributed by atoms with Gasteiger partial charge in [0.25, 0.3) is 0 Å². The van der Waals surface area contributed by atoms with Gasteiger partial charge in [-0.3, -0.25) is 0 Å². The third kappa shape index (κ3) is 6.00. The first-order chi connectivity index (χ1) is 20.8. The number of hydrogen-bond acceptors (Lipinski definition) is 8. The Kier molecular flexibility index (Phi) is 8.92. The lowest BCUT2D eigenvalue weighted by Gasteiger charge is -2.42. The molecule has 0 unspecified atom stereocenters. The number of hydrogen-bond donors (Lipinski definition) is 1. The number of rotatable bonds is 11. The standard InChI is InChI=1S/C32H37F3N2O6S/c1-4-5-9-29-31(37(20-36)30(2,3)43-29,44(38,39)26-14-15-27-28(17-26)42-21-41-27)18-22-10-12-25(13-11-22)40-19-23-7-6-8-24(16-23)32(33,34)35/h6-8,10-17,29H,4-5,9,18-21,36H2,1-3H3/t29-,31+/m1/s1. The van der Waals surface area contributed by atoms with Crippen molar-refractivity contribution in [2.45, 2.75) is 80.8 Å². The predicted molar refractivity (Wildman–Crippen MR) is 158 cm³/mol. The van der Waals surface area contributed by atoms with Crippen molar-refractivity contribution in [3.63, 3.8) is 0 Å². The molecule has 3 aromatic rings. The summed E-state index contributed by atoms with van der Waals surface area (Å²) in [6, 6.07) is 16.4. The van der Waals surface area contributed by atoms with Gasteiger partial charge in [0.05, 0.1) is 16.6 Å². The zero-order chi connectivity index (χ0) is 31.8. The average molecular weight is 635 g/mol. The molecule has 0 saturated carbocycles. The molecule has 238 valence electrons. The predicted octanol–water partition coefficient (Wildman–Crippen LogP) is 6.27. The van der Waals surface area contributed by atoms with Crippen molar-refractivity contribution in [2.24, 2.45) is 5.73 Å². The maximum Gasteiger partial charge on any atom is 0.416 e. The van der Waals surface area contributed by atoms with Crippen LogP contribution < -0.4 is 19.9 Å². The van der Waals surface area contributed by atoms with Crippen molar-refractivity contribution >= 4 is 9.84 Å². The molecule has 2 heterocycles. The Labute approximate surface area is 255 Å². The van der Waals surface area contributed by atoms with Crippen LogP contribution in [0.2, 0.25) is 0 Å². The van der Waals surface area contributed by atoms with Gasteiger partial charge in [-0.05, 0) is 67.8 Å². The van der Waals surface area contributed by atoms with Crippen LogP contribution in [0.15, 0.2) is 71.6 Å². The van der Waals surface area contributed by atoms with E-state index in [-0.39, 0.29) is 31.4 Å². The van der Waals surface area contributed by atoms with E-state index in [0.29, 0.717) is 34.8 Å². The normalized spacial score (nSPS) is 21.5. The fourth-order valence-corrected chi connectivity index (χ4v) is 8.42. The number of nitrogens with two attached hydrogens (primary N) is 1. The smallest absolute Gasteiger partial charge is 0.416 e. The summed E-state index contributed by atoms with van der Waals surface area (Å²) in [6.07, 6.45) is -2.99. The first-order valence-electron chi connectivity index (χ1n) is 14.5. The van der Waals surface area contributed by atoms with Crippen molar-refractivity contribution < 1.29 is 40.5 Å². The molecular weight excluding hydrogens is 597 g/mol. The summed E-state index contributed by atoms with van der Waals surface area (Å²) in [5.41, 5.74) is 5.64. The van der Waals surface area contributed by atoms with Crippen LogP contribution in [0.5, 0.6) is 17.2 Å². The average Bonchev–Trinajstić information content (AvgIpc) is 3.54. The number of halogens is 3. The summed E-state index contributed by atoms with van der Waals surface area (Å²) in [6.45, 7) is 5.55. The van der Waals surface area contributed by atoms with E-state index in [9.17, 15) is 21.6 Å². The Bertz CT molecular complexity index is 1580. The number of unbranched alkanes of at least 4 members (excludes halogenated alkanes) is 1. The summed E-state index contributed by atoms with van der Waals surface area (Å²) >= 11 is 0. The molecule has 2 N–H and O–H groups in total. The minimum absolute atomic E-state index is 0.0103. The number of sulfone groups is 1. The van der Waals surface area contributed by atoms with Gasteiger partial charge in [0, 0.05) is 19.2 Å². The topological polar surface area (TPSA) is 100 Å². The fourth-order valence-electron chi connectivity index (χ4n) is 6.05. The zero-order valence-corrected chi connectivity index (χ0v) is 25.7. The van der Waals surface area contributed by atoms with Crippen molar-refractivity contribution in [1.82, 2.24) is 4.90 Å². The van der Waals surface area contributed by atoms with E-state index >= 15 is 0 Å². The maximum absolute atomic E-state index is 14.8. The van der Waals surface area contributed by atoms with Gasteiger partial charge in [-0.15, -0.1) is 0 Å². The lowest BCUT2D eigenvalue weighted by atomic mass is 9.96. The van der Waals surface area contributed by atoms with Crippen LogP contribution in [0.3, 0.4) is 0 Å². The van der Waals surface area contributed by atoms with Crippen LogP contribution in [0.4, 0.5) is 13.2 Å². The van der Waals surface area contributed by atoms with Gasteiger partial charge in [0.2, 0.25) is 16.6 Å². The van der Waals surface area contributed by atoms with Crippen LogP contribution >= 0.6 is 0 Å². The summed E-state index contributed by atoms with van der Waals surface area (Å²) in [7, 11) is -4.14. The van der Waals surface area contributed by atoms with E-state index < -0.39 is 38.3 Å². The van der Waals surface area contributed by atoms with E-state index in [1.54, 1.807) is 41.3 Å². The Morgan fingerprint density at radius 2 is 1.73 bits per heavy atom. The number of ether oxygens (including phenoxy) is 4. The summed E-state index contributed by atoms with van der Waals surface area (Å²) < 4.78 is 92.2. The molecular formula is C32H37F3N2O6S. The van der Waals surface area contributed by atoms with Gasteiger partial charge >= 0.3 is 6.18 Å². The highest BCUT2D eigenvalue weighted by molar-refractivity contribution is 7.92. The molecule has 1 saturated heterocycles. The van der Waals surface area contributed by atoms with Gasteiger partial charge in [-0.25, -0.2) is 13.3 Å². The second kappa shape index (κ2) is 12.2. The Morgan fingerprint density at radius 3 is 2.41 bits per heavy atom. The lowest BCUT2D eigenvalue weighted by molar-refractivity contribution is -0.137. The molecule has 2 atom stereocenters. The zero-order valence-electron chi connectivity index (χ0n) is 24.9. The summed E-state index contributed by atoms with van der Waals surface area (Å²) in [5.74, 6) is 1.26. The quantitative estimate of drug-likeness (QED) is 0.264. The number of fused-ring (bicyclic) bond motifs is 1. The molecule has 0 radical (unpaired) electrons. The number of benzene rings is 3. The summed E-state index contributed by atoms with van der Waals surface area (Å²) in [4.78, 5) is 0.233. The second-order valence-corrected chi connectivity index (χ2v) is 13.7. The minimum Gasteiger partial charge on any atom is -0.489 e. The first kappa shape index (κ1) is 32.1. The molecule has 1 fully saturated rings. The molecule has 0 aliphatic carbocycles. The van der Waals surface area contributed by atoms with Gasteiger partial charge < -0.3 is 24.7 Å². The molecule has 5 rings (SSSR count). The second-order valence-electron chi connectivity index (χ2n) is 11.5. The van der Waals surface area contributed by atoms with Gasteiger partial charge in [-0.1, -0.05) is 44.0 Å². The molecule has 12 heteroatoms. The Hall–Kier alpha value is -3.32. The van der Waals surface area contributed by atoms with Gasteiger partial charge in [0.15, 0.2) is 16.4 Å².